The third-order valence-electron chi connectivity index (χ3n) is 4.64. The van der Waals surface area contributed by atoms with Gasteiger partial charge < -0.3 is 14.5 Å². The first-order valence-electron chi connectivity index (χ1n) is 9.03. The topological polar surface area (TPSA) is 68.5 Å². The second-order valence-corrected chi connectivity index (χ2v) is 6.78. The Kier molecular flexibility index (Phi) is 5.76. The second kappa shape index (κ2) is 8.08. The van der Waals surface area contributed by atoms with Crippen LogP contribution in [0, 0.1) is 0 Å². The van der Waals surface area contributed by atoms with E-state index in [1.165, 1.54) is 31.2 Å². The van der Waals surface area contributed by atoms with Gasteiger partial charge in [0.15, 0.2) is 6.10 Å². The Morgan fingerprint density at radius 3 is 2.57 bits per heavy atom. The zero-order chi connectivity index (χ0) is 20.3. The van der Waals surface area contributed by atoms with Crippen molar-refractivity contribution < 1.29 is 31.9 Å². The lowest BCUT2D eigenvalue weighted by molar-refractivity contribution is -0.137. The minimum absolute atomic E-state index is 0.0983. The SMILES string of the molecule is C[C@H](OC(=O)c1ccc(-c2cccc(C(F)(F)F)c2)o1)C(=O)NC1CCCC1. The molecule has 1 heterocycles. The summed E-state index contributed by atoms with van der Waals surface area (Å²) < 4.78 is 49.0. The quantitative estimate of drug-likeness (QED) is 0.753. The van der Waals surface area contributed by atoms with Crippen LogP contribution in [0.25, 0.3) is 11.3 Å². The van der Waals surface area contributed by atoms with Crippen molar-refractivity contribution in [3.63, 3.8) is 0 Å². The van der Waals surface area contributed by atoms with E-state index in [-0.39, 0.29) is 29.0 Å². The molecule has 150 valence electrons. The van der Waals surface area contributed by atoms with Gasteiger partial charge in [0.25, 0.3) is 5.91 Å². The smallest absolute Gasteiger partial charge is 0.416 e. The van der Waals surface area contributed by atoms with Gasteiger partial charge in [-0.2, -0.15) is 13.2 Å². The summed E-state index contributed by atoms with van der Waals surface area (Å²) in [5, 5.41) is 2.83. The van der Waals surface area contributed by atoms with Crippen molar-refractivity contribution in [3.8, 4) is 11.3 Å². The normalized spacial score (nSPS) is 16.0. The van der Waals surface area contributed by atoms with Crippen molar-refractivity contribution in [1.29, 1.82) is 0 Å². The Balaban J connectivity index is 1.64. The lowest BCUT2D eigenvalue weighted by Gasteiger charge is -2.16. The molecule has 0 unspecified atom stereocenters. The zero-order valence-electron chi connectivity index (χ0n) is 15.2. The highest BCUT2D eigenvalue weighted by atomic mass is 19.4. The molecule has 1 atom stereocenters. The van der Waals surface area contributed by atoms with E-state index in [1.54, 1.807) is 0 Å². The van der Waals surface area contributed by atoms with Gasteiger partial charge in [-0.1, -0.05) is 25.0 Å². The number of halogens is 3. The van der Waals surface area contributed by atoms with Crippen LogP contribution >= 0.6 is 0 Å². The highest BCUT2D eigenvalue weighted by Crippen LogP contribution is 2.32. The molecule has 0 aliphatic heterocycles. The highest BCUT2D eigenvalue weighted by molar-refractivity contribution is 5.90. The predicted molar refractivity (Wildman–Crippen MR) is 94.4 cm³/mol. The van der Waals surface area contributed by atoms with Gasteiger partial charge in [0, 0.05) is 11.6 Å². The molecular weight excluding hydrogens is 375 g/mol. The summed E-state index contributed by atoms with van der Waals surface area (Å²) in [6.45, 7) is 1.46. The molecule has 1 aromatic heterocycles. The van der Waals surface area contributed by atoms with Crippen molar-refractivity contribution >= 4 is 11.9 Å². The molecule has 1 fully saturated rings. The molecular formula is C20H20F3NO4. The standard InChI is InChI=1S/C20H20F3NO4/c1-12(18(25)24-15-7-2-3-8-15)27-19(26)17-10-9-16(28-17)13-5-4-6-14(11-13)20(21,22)23/h4-6,9-12,15H,2-3,7-8H2,1H3,(H,24,25)/t12-/m0/s1. The van der Waals surface area contributed by atoms with Gasteiger partial charge in [0.2, 0.25) is 5.76 Å². The average Bonchev–Trinajstić information content (AvgIpc) is 3.33. The van der Waals surface area contributed by atoms with Crippen molar-refractivity contribution in [2.75, 3.05) is 0 Å². The summed E-state index contributed by atoms with van der Waals surface area (Å²) in [4.78, 5) is 24.3. The summed E-state index contributed by atoms with van der Waals surface area (Å²) >= 11 is 0. The van der Waals surface area contributed by atoms with Crippen molar-refractivity contribution in [3.05, 3.63) is 47.7 Å². The van der Waals surface area contributed by atoms with Crippen LogP contribution in [0.15, 0.2) is 40.8 Å². The molecule has 0 spiro atoms. The number of rotatable bonds is 5. The summed E-state index contributed by atoms with van der Waals surface area (Å²) in [5.74, 6) is -1.33. The monoisotopic (exact) mass is 395 g/mol. The second-order valence-electron chi connectivity index (χ2n) is 6.78. The number of benzene rings is 1. The summed E-state index contributed by atoms with van der Waals surface area (Å²) in [6.07, 6.45) is -1.55. The van der Waals surface area contributed by atoms with E-state index in [0.717, 1.165) is 37.8 Å². The van der Waals surface area contributed by atoms with Crippen LogP contribution in [-0.2, 0) is 15.7 Å². The summed E-state index contributed by atoms with van der Waals surface area (Å²) in [7, 11) is 0. The Labute approximate surface area is 159 Å². The Hall–Kier alpha value is -2.77. The van der Waals surface area contributed by atoms with Crippen molar-refractivity contribution in [2.24, 2.45) is 0 Å². The van der Waals surface area contributed by atoms with E-state index in [4.69, 9.17) is 9.15 Å². The molecule has 3 rings (SSSR count). The number of carbonyl (C=O) groups excluding carboxylic acids is 2. The van der Waals surface area contributed by atoms with Gasteiger partial charge in [0.05, 0.1) is 5.56 Å². The van der Waals surface area contributed by atoms with Crippen LogP contribution in [-0.4, -0.2) is 24.0 Å². The Morgan fingerprint density at radius 2 is 1.89 bits per heavy atom. The molecule has 1 N–H and O–H groups in total. The molecule has 0 bridgehead atoms. The Bertz CT molecular complexity index is 853. The van der Waals surface area contributed by atoms with Gasteiger partial charge in [-0.15, -0.1) is 0 Å². The lowest BCUT2D eigenvalue weighted by Crippen LogP contribution is -2.40. The van der Waals surface area contributed by atoms with E-state index in [2.05, 4.69) is 5.32 Å². The number of alkyl halides is 3. The number of ether oxygens (including phenoxy) is 1. The number of amides is 1. The molecule has 8 heteroatoms. The maximum Gasteiger partial charge on any atom is 0.416 e. The lowest BCUT2D eigenvalue weighted by atomic mass is 10.1. The fraction of sp³-hybridized carbons (Fsp3) is 0.400. The van der Waals surface area contributed by atoms with Gasteiger partial charge in [-0.05, 0) is 44.0 Å². The number of esters is 1. The summed E-state index contributed by atoms with van der Waals surface area (Å²) in [6, 6.07) is 7.38. The largest absolute Gasteiger partial charge is 0.449 e. The maximum atomic E-state index is 12.8. The Morgan fingerprint density at radius 1 is 1.18 bits per heavy atom. The average molecular weight is 395 g/mol. The number of hydrogen-bond donors (Lipinski definition) is 1. The van der Waals surface area contributed by atoms with Crippen molar-refractivity contribution in [1.82, 2.24) is 5.32 Å². The first-order valence-corrected chi connectivity index (χ1v) is 9.03. The van der Waals surface area contributed by atoms with Gasteiger partial charge in [-0.25, -0.2) is 4.79 Å². The highest BCUT2D eigenvalue weighted by Gasteiger charge is 2.31. The minimum atomic E-state index is -4.48. The molecule has 0 saturated heterocycles. The number of nitrogens with one attached hydrogen (secondary N) is 1. The zero-order valence-corrected chi connectivity index (χ0v) is 15.2. The van der Waals surface area contributed by atoms with Crippen LogP contribution < -0.4 is 5.32 Å². The van der Waals surface area contributed by atoms with E-state index < -0.39 is 23.8 Å². The van der Waals surface area contributed by atoms with Crippen LogP contribution in [0.2, 0.25) is 0 Å². The molecule has 1 aliphatic carbocycles. The molecule has 1 aliphatic rings. The third-order valence-corrected chi connectivity index (χ3v) is 4.64. The number of hydrogen-bond acceptors (Lipinski definition) is 4. The predicted octanol–water partition coefficient (Wildman–Crippen LogP) is 4.57. The van der Waals surface area contributed by atoms with Crippen LogP contribution in [0.3, 0.4) is 0 Å². The van der Waals surface area contributed by atoms with E-state index >= 15 is 0 Å². The van der Waals surface area contributed by atoms with Crippen LogP contribution in [0.1, 0.15) is 48.7 Å². The fourth-order valence-corrected chi connectivity index (χ4v) is 3.11. The van der Waals surface area contributed by atoms with Crippen LogP contribution in [0.4, 0.5) is 13.2 Å². The maximum absolute atomic E-state index is 12.8. The minimum Gasteiger partial charge on any atom is -0.449 e. The summed E-state index contributed by atoms with van der Waals surface area (Å²) in [5.41, 5.74) is -0.636. The number of carbonyl (C=O) groups is 2. The van der Waals surface area contributed by atoms with Crippen molar-refractivity contribution in [2.45, 2.75) is 50.9 Å². The first kappa shape index (κ1) is 20.0. The van der Waals surface area contributed by atoms with E-state index in [0.29, 0.717) is 0 Å². The van der Waals surface area contributed by atoms with Crippen LogP contribution in [0.5, 0.6) is 0 Å². The van der Waals surface area contributed by atoms with Gasteiger partial charge >= 0.3 is 12.1 Å². The fourth-order valence-electron chi connectivity index (χ4n) is 3.11. The molecule has 1 saturated carbocycles. The molecule has 0 radical (unpaired) electrons. The first-order chi connectivity index (χ1) is 13.2. The molecule has 2 aromatic rings. The molecule has 5 nitrogen and oxygen atoms in total. The van der Waals surface area contributed by atoms with E-state index in [9.17, 15) is 22.8 Å². The van der Waals surface area contributed by atoms with Gasteiger partial charge in [-0.3, -0.25) is 4.79 Å². The molecule has 1 amide bonds. The third kappa shape index (κ3) is 4.74. The number of furan rings is 1. The van der Waals surface area contributed by atoms with E-state index in [1.807, 2.05) is 0 Å². The molecule has 1 aromatic carbocycles. The van der Waals surface area contributed by atoms with Gasteiger partial charge in [0.1, 0.15) is 5.76 Å². The molecule has 28 heavy (non-hydrogen) atoms.